The number of fused-ring (bicyclic) bond motifs is 1. The minimum atomic E-state index is -0.0509. The average Bonchev–Trinajstić information content (AvgIpc) is 3.28. The topological polar surface area (TPSA) is 72.3 Å². The van der Waals surface area contributed by atoms with Crippen molar-refractivity contribution in [3.05, 3.63) is 36.2 Å². The summed E-state index contributed by atoms with van der Waals surface area (Å²) in [6, 6.07) is 6.23. The van der Waals surface area contributed by atoms with Gasteiger partial charge in [0.2, 0.25) is 0 Å². The van der Waals surface area contributed by atoms with E-state index in [1.54, 1.807) is 28.4 Å². The van der Waals surface area contributed by atoms with Crippen LogP contribution in [0.1, 0.15) is 30.1 Å². The largest absolute Gasteiger partial charge is 0.494 e. The number of aryl methyl sites for hydroxylation is 1. The molecule has 0 saturated carbocycles. The van der Waals surface area contributed by atoms with E-state index in [-0.39, 0.29) is 11.9 Å². The Morgan fingerprint density at radius 2 is 2.19 bits per heavy atom. The first-order chi connectivity index (χ1) is 13.1. The number of hydrogen-bond acceptors (Lipinski definition) is 6. The average molecular weight is 385 g/mol. The van der Waals surface area contributed by atoms with Gasteiger partial charge in [-0.25, -0.2) is 4.98 Å². The Morgan fingerprint density at radius 3 is 2.89 bits per heavy atom. The zero-order valence-electron chi connectivity index (χ0n) is 15.5. The number of benzene rings is 1. The van der Waals surface area contributed by atoms with Crippen LogP contribution >= 0.6 is 11.3 Å². The number of carbonyl (C=O) groups excluding carboxylic acids is 1. The fourth-order valence-corrected chi connectivity index (χ4v) is 4.35. The van der Waals surface area contributed by atoms with E-state index in [0.717, 1.165) is 47.0 Å². The minimum absolute atomic E-state index is 0.0509. The molecule has 2 aromatic heterocycles. The van der Waals surface area contributed by atoms with Crippen molar-refractivity contribution in [2.45, 2.75) is 25.8 Å². The molecule has 0 spiro atoms. The summed E-state index contributed by atoms with van der Waals surface area (Å²) in [6.45, 7) is 4.42. The molecule has 3 heterocycles. The number of aromatic nitrogens is 3. The van der Waals surface area contributed by atoms with Crippen LogP contribution in [0.2, 0.25) is 0 Å². The Balaban J connectivity index is 1.37. The van der Waals surface area contributed by atoms with Crippen LogP contribution in [-0.4, -0.2) is 46.4 Å². The Bertz CT molecular complexity index is 943. The third-order valence-electron chi connectivity index (χ3n) is 4.73. The highest BCUT2D eigenvalue weighted by Crippen LogP contribution is 2.32. The molecule has 8 heteroatoms. The molecule has 142 valence electrons. The second-order valence-corrected chi connectivity index (χ2v) is 7.71. The summed E-state index contributed by atoms with van der Waals surface area (Å²) in [6.07, 6.45) is 5.16. The SMILES string of the molecule is CCOc1ccc2nc(N3CCC(NC(=O)c4cnn(C)c4)CC3)sc2c1. The molecule has 0 radical (unpaired) electrons. The van der Waals surface area contributed by atoms with Crippen molar-refractivity contribution in [1.29, 1.82) is 0 Å². The van der Waals surface area contributed by atoms with Crippen molar-refractivity contribution in [3.63, 3.8) is 0 Å². The standard InChI is InChI=1S/C19H23N5O2S/c1-3-26-15-4-5-16-17(10-15)27-19(22-16)24-8-6-14(7-9-24)21-18(25)13-11-20-23(2)12-13/h4-5,10-12,14H,3,6-9H2,1-2H3,(H,21,25). The Hall–Kier alpha value is -2.61. The lowest BCUT2D eigenvalue weighted by molar-refractivity contribution is 0.0931. The summed E-state index contributed by atoms with van der Waals surface area (Å²) in [5, 5.41) is 8.21. The van der Waals surface area contributed by atoms with Gasteiger partial charge in [0.05, 0.1) is 28.6 Å². The molecule has 1 aliphatic rings. The van der Waals surface area contributed by atoms with Crippen molar-refractivity contribution in [2.75, 3.05) is 24.6 Å². The molecule has 7 nitrogen and oxygen atoms in total. The van der Waals surface area contributed by atoms with Gasteiger partial charge in [0.25, 0.3) is 5.91 Å². The maximum Gasteiger partial charge on any atom is 0.254 e. The first-order valence-electron chi connectivity index (χ1n) is 9.20. The summed E-state index contributed by atoms with van der Waals surface area (Å²) >= 11 is 1.70. The van der Waals surface area contributed by atoms with E-state index >= 15 is 0 Å². The maximum atomic E-state index is 12.3. The Kier molecular flexibility index (Phi) is 4.98. The van der Waals surface area contributed by atoms with E-state index < -0.39 is 0 Å². The van der Waals surface area contributed by atoms with Crippen molar-refractivity contribution in [2.24, 2.45) is 7.05 Å². The second kappa shape index (κ2) is 7.56. The van der Waals surface area contributed by atoms with Gasteiger partial charge >= 0.3 is 0 Å². The molecule has 4 rings (SSSR count). The van der Waals surface area contributed by atoms with E-state index in [1.165, 1.54) is 0 Å². The van der Waals surface area contributed by atoms with E-state index in [0.29, 0.717) is 12.2 Å². The lowest BCUT2D eigenvalue weighted by Crippen LogP contribution is -2.44. The minimum Gasteiger partial charge on any atom is -0.494 e. The molecule has 0 atom stereocenters. The van der Waals surface area contributed by atoms with Gasteiger partial charge in [-0.15, -0.1) is 0 Å². The first kappa shape index (κ1) is 17.8. The monoisotopic (exact) mass is 385 g/mol. The number of piperidine rings is 1. The zero-order valence-corrected chi connectivity index (χ0v) is 16.3. The van der Waals surface area contributed by atoms with E-state index in [9.17, 15) is 4.79 Å². The molecule has 1 N–H and O–H groups in total. The molecule has 0 bridgehead atoms. The predicted octanol–water partition coefficient (Wildman–Crippen LogP) is 2.83. The fourth-order valence-electron chi connectivity index (χ4n) is 3.31. The summed E-state index contributed by atoms with van der Waals surface area (Å²) in [4.78, 5) is 19.3. The van der Waals surface area contributed by atoms with Crippen LogP contribution in [0.25, 0.3) is 10.2 Å². The highest BCUT2D eigenvalue weighted by atomic mass is 32.1. The number of rotatable bonds is 5. The molecule has 3 aromatic rings. The van der Waals surface area contributed by atoms with Crippen LogP contribution in [0.15, 0.2) is 30.6 Å². The van der Waals surface area contributed by atoms with Crippen LogP contribution in [0.3, 0.4) is 0 Å². The van der Waals surface area contributed by atoms with E-state index in [4.69, 9.17) is 9.72 Å². The van der Waals surface area contributed by atoms with Crippen molar-refractivity contribution >= 4 is 32.6 Å². The predicted molar refractivity (Wildman–Crippen MR) is 107 cm³/mol. The molecule has 1 aromatic carbocycles. The number of anilines is 1. The third-order valence-corrected chi connectivity index (χ3v) is 5.81. The van der Waals surface area contributed by atoms with Gasteiger partial charge in [0.15, 0.2) is 5.13 Å². The molecule has 27 heavy (non-hydrogen) atoms. The van der Waals surface area contributed by atoms with Gasteiger partial charge in [-0.2, -0.15) is 5.10 Å². The fraction of sp³-hybridized carbons (Fsp3) is 0.421. The smallest absolute Gasteiger partial charge is 0.254 e. The number of nitrogens with one attached hydrogen (secondary N) is 1. The molecular formula is C19H23N5O2S. The van der Waals surface area contributed by atoms with Crippen LogP contribution in [0.5, 0.6) is 5.75 Å². The number of nitrogens with zero attached hydrogens (tertiary/aromatic N) is 4. The highest BCUT2D eigenvalue weighted by Gasteiger charge is 2.23. The van der Waals surface area contributed by atoms with E-state index in [1.807, 2.05) is 26.1 Å². The third kappa shape index (κ3) is 3.90. The molecule has 0 unspecified atom stereocenters. The van der Waals surface area contributed by atoms with E-state index in [2.05, 4.69) is 21.4 Å². The summed E-state index contributed by atoms with van der Waals surface area (Å²) in [5.74, 6) is 0.835. The van der Waals surface area contributed by atoms with Crippen molar-refractivity contribution in [3.8, 4) is 5.75 Å². The molecule has 1 saturated heterocycles. The number of ether oxygens (including phenoxy) is 1. The molecule has 0 aliphatic carbocycles. The van der Waals surface area contributed by atoms with Crippen LogP contribution in [-0.2, 0) is 7.05 Å². The van der Waals surface area contributed by atoms with Gasteiger partial charge in [0, 0.05) is 32.4 Å². The van der Waals surface area contributed by atoms with Crippen LogP contribution in [0.4, 0.5) is 5.13 Å². The van der Waals surface area contributed by atoms with Gasteiger partial charge in [-0.05, 0) is 38.0 Å². The van der Waals surface area contributed by atoms with Crippen LogP contribution in [0, 0.1) is 0 Å². The zero-order chi connectivity index (χ0) is 18.8. The first-order valence-corrected chi connectivity index (χ1v) is 10.0. The number of carbonyl (C=O) groups is 1. The molecule has 1 amide bonds. The molecule has 1 aliphatic heterocycles. The van der Waals surface area contributed by atoms with Crippen molar-refractivity contribution < 1.29 is 9.53 Å². The molecular weight excluding hydrogens is 362 g/mol. The second-order valence-electron chi connectivity index (χ2n) is 6.70. The summed E-state index contributed by atoms with van der Waals surface area (Å²) in [5.41, 5.74) is 1.61. The van der Waals surface area contributed by atoms with Crippen molar-refractivity contribution in [1.82, 2.24) is 20.1 Å². The summed E-state index contributed by atoms with van der Waals surface area (Å²) < 4.78 is 8.36. The normalized spacial score (nSPS) is 15.3. The lowest BCUT2D eigenvalue weighted by atomic mass is 10.1. The lowest BCUT2D eigenvalue weighted by Gasteiger charge is -2.32. The quantitative estimate of drug-likeness (QED) is 0.731. The number of hydrogen-bond donors (Lipinski definition) is 1. The maximum absolute atomic E-state index is 12.3. The van der Waals surface area contributed by atoms with Crippen LogP contribution < -0.4 is 15.0 Å². The number of thiazole rings is 1. The van der Waals surface area contributed by atoms with Gasteiger partial charge in [0.1, 0.15) is 5.75 Å². The van der Waals surface area contributed by atoms with Gasteiger partial charge in [-0.3, -0.25) is 9.48 Å². The summed E-state index contributed by atoms with van der Waals surface area (Å²) in [7, 11) is 1.81. The van der Waals surface area contributed by atoms with Gasteiger partial charge in [-0.1, -0.05) is 11.3 Å². The molecule has 1 fully saturated rings. The highest BCUT2D eigenvalue weighted by molar-refractivity contribution is 7.22. The Morgan fingerprint density at radius 1 is 1.37 bits per heavy atom. The Labute approximate surface area is 162 Å². The van der Waals surface area contributed by atoms with Gasteiger partial charge < -0.3 is 15.0 Å². The number of amides is 1.